The van der Waals surface area contributed by atoms with Crippen LogP contribution in [0.4, 0.5) is 0 Å². The number of nitriles is 1. The van der Waals surface area contributed by atoms with Crippen LogP contribution in [0.15, 0.2) is 0 Å². The van der Waals surface area contributed by atoms with Gasteiger partial charge >= 0.3 is 0 Å². The number of rotatable bonds is 2. The van der Waals surface area contributed by atoms with Crippen LogP contribution >= 0.6 is 11.8 Å². The molecule has 2 aliphatic heterocycles. The molecular weight excluding hydrogens is 236 g/mol. The molecule has 0 aromatic carbocycles. The normalized spacial score (nSPS) is 27.8. The summed E-state index contributed by atoms with van der Waals surface area (Å²) in [5, 5.41) is 9.18. The summed E-state index contributed by atoms with van der Waals surface area (Å²) in [6.07, 6.45) is 4.39. The van der Waals surface area contributed by atoms with Gasteiger partial charge < -0.3 is 9.64 Å². The molecule has 2 fully saturated rings. The molecule has 0 saturated carbocycles. The van der Waals surface area contributed by atoms with Crippen LogP contribution in [0, 0.1) is 17.2 Å². The molecule has 0 aliphatic carbocycles. The fraction of sp³-hybridized carbons (Fsp3) is 0.833. The van der Waals surface area contributed by atoms with Gasteiger partial charge in [0.15, 0.2) is 0 Å². The van der Waals surface area contributed by atoms with E-state index in [2.05, 4.69) is 6.07 Å². The first-order valence-corrected chi connectivity index (χ1v) is 7.26. The predicted molar refractivity (Wildman–Crippen MR) is 66.6 cm³/mol. The highest BCUT2D eigenvalue weighted by atomic mass is 32.2. The van der Waals surface area contributed by atoms with Crippen molar-refractivity contribution in [2.24, 2.45) is 5.92 Å². The molecule has 1 unspecified atom stereocenters. The number of ether oxygens (including phenoxy) is 1. The van der Waals surface area contributed by atoms with E-state index in [0.29, 0.717) is 26.3 Å². The molecule has 94 valence electrons. The van der Waals surface area contributed by atoms with E-state index < -0.39 is 0 Å². The fourth-order valence-electron chi connectivity index (χ4n) is 2.44. The SMILES string of the molecule is CSC1(C#N)CCN(C(=O)C2CCOC2)CC1. The van der Waals surface area contributed by atoms with Crippen LogP contribution in [0.5, 0.6) is 0 Å². The molecule has 0 aromatic heterocycles. The minimum Gasteiger partial charge on any atom is -0.381 e. The standard InChI is InChI=1S/C12H18N2O2S/c1-17-12(9-13)3-5-14(6-4-12)11(15)10-2-7-16-8-10/h10H,2-8H2,1H3. The lowest BCUT2D eigenvalue weighted by atomic mass is 9.96. The number of thioether (sulfide) groups is 1. The number of carbonyl (C=O) groups excluding carboxylic acids is 1. The number of amides is 1. The summed E-state index contributed by atoms with van der Waals surface area (Å²) in [4.78, 5) is 14.1. The third-order valence-electron chi connectivity index (χ3n) is 3.76. The van der Waals surface area contributed by atoms with E-state index in [9.17, 15) is 10.1 Å². The molecule has 0 radical (unpaired) electrons. The molecule has 2 rings (SSSR count). The van der Waals surface area contributed by atoms with Crippen LogP contribution in [-0.4, -0.2) is 48.1 Å². The van der Waals surface area contributed by atoms with Gasteiger partial charge in [0.1, 0.15) is 4.75 Å². The van der Waals surface area contributed by atoms with Crippen LogP contribution in [0.3, 0.4) is 0 Å². The molecule has 0 spiro atoms. The molecule has 1 amide bonds. The minimum atomic E-state index is -0.275. The molecule has 0 aromatic rings. The van der Waals surface area contributed by atoms with Crippen molar-refractivity contribution < 1.29 is 9.53 Å². The lowest BCUT2D eigenvalue weighted by molar-refractivity contribution is -0.136. The van der Waals surface area contributed by atoms with E-state index >= 15 is 0 Å². The summed E-state index contributed by atoms with van der Waals surface area (Å²) in [6.45, 7) is 2.70. The quantitative estimate of drug-likeness (QED) is 0.744. The molecular formula is C12H18N2O2S. The molecule has 5 heteroatoms. The Morgan fingerprint density at radius 2 is 2.24 bits per heavy atom. The van der Waals surface area contributed by atoms with Gasteiger partial charge in [0.2, 0.25) is 5.91 Å². The van der Waals surface area contributed by atoms with E-state index in [1.165, 1.54) is 0 Å². The maximum Gasteiger partial charge on any atom is 0.228 e. The number of hydrogen-bond donors (Lipinski definition) is 0. The third-order valence-corrected chi connectivity index (χ3v) is 5.04. The second-order valence-corrected chi connectivity index (χ2v) is 5.89. The number of hydrogen-bond acceptors (Lipinski definition) is 4. The molecule has 2 saturated heterocycles. The van der Waals surface area contributed by atoms with Crippen molar-refractivity contribution in [1.82, 2.24) is 4.90 Å². The van der Waals surface area contributed by atoms with Crippen molar-refractivity contribution in [3.63, 3.8) is 0 Å². The molecule has 2 heterocycles. The van der Waals surface area contributed by atoms with Gasteiger partial charge in [-0.3, -0.25) is 4.79 Å². The van der Waals surface area contributed by atoms with Gasteiger partial charge in [0.25, 0.3) is 0 Å². The smallest absolute Gasteiger partial charge is 0.228 e. The fourth-order valence-corrected chi connectivity index (χ4v) is 3.12. The predicted octanol–water partition coefficient (Wildman–Crippen LogP) is 1.27. The summed E-state index contributed by atoms with van der Waals surface area (Å²) in [6, 6.07) is 2.40. The van der Waals surface area contributed by atoms with Crippen LogP contribution in [0.25, 0.3) is 0 Å². The van der Waals surface area contributed by atoms with E-state index in [4.69, 9.17) is 4.74 Å². The monoisotopic (exact) mass is 254 g/mol. The summed E-state index contributed by atoms with van der Waals surface area (Å²) in [7, 11) is 0. The highest BCUT2D eigenvalue weighted by Crippen LogP contribution is 2.34. The Hall–Kier alpha value is -0.730. The summed E-state index contributed by atoms with van der Waals surface area (Å²) >= 11 is 1.62. The second kappa shape index (κ2) is 5.28. The van der Waals surface area contributed by atoms with Gasteiger partial charge in [-0.25, -0.2) is 0 Å². The number of piperidine rings is 1. The molecule has 17 heavy (non-hydrogen) atoms. The molecule has 4 nitrogen and oxygen atoms in total. The Kier molecular flexibility index (Phi) is 3.95. The molecule has 0 N–H and O–H groups in total. The Bertz CT molecular complexity index is 326. The molecule has 0 bridgehead atoms. The van der Waals surface area contributed by atoms with Gasteiger partial charge in [0.05, 0.1) is 18.6 Å². The largest absolute Gasteiger partial charge is 0.381 e. The van der Waals surface area contributed by atoms with E-state index in [1.54, 1.807) is 11.8 Å². The zero-order valence-electron chi connectivity index (χ0n) is 10.1. The van der Waals surface area contributed by atoms with Crippen LogP contribution in [0.2, 0.25) is 0 Å². The van der Waals surface area contributed by atoms with Gasteiger partial charge in [0, 0.05) is 19.7 Å². The Morgan fingerprint density at radius 1 is 1.53 bits per heavy atom. The van der Waals surface area contributed by atoms with Gasteiger partial charge in [-0.1, -0.05) is 0 Å². The number of likely N-dealkylation sites (tertiary alicyclic amines) is 1. The van der Waals surface area contributed by atoms with E-state index in [1.807, 2.05) is 11.2 Å². The van der Waals surface area contributed by atoms with Crippen molar-refractivity contribution in [1.29, 1.82) is 5.26 Å². The van der Waals surface area contributed by atoms with Crippen LogP contribution < -0.4 is 0 Å². The topological polar surface area (TPSA) is 53.3 Å². The highest BCUT2D eigenvalue weighted by Gasteiger charge is 2.37. The van der Waals surface area contributed by atoms with Gasteiger partial charge in [-0.2, -0.15) is 5.26 Å². The molecule has 1 atom stereocenters. The number of nitrogens with zero attached hydrogens (tertiary/aromatic N) is 2. The second-order valence-electron chi connectivity index (χ2n) is 4.70. The summed E-state index contributed by atoms with van der Waals surface area (Å²) < 4.78 is 4.97. The number of carbonyl (C=O) groups is 1. The van der Waals surface area contributed by atoms with Crippen molar-refractivity contribution in [2.45, 2.75) is 24.0 Å². The van der Waals surface area contributed by atoms with Crippen molar-refractivity contribution in [2.75, 3.05) is 32.6 Å². The average molecular weight is 254 g/mol. The molecule has 2 aliphatic rings. The van der Waals surface area contributed by atoms with Gasteiger partial charge in [-0.05, 0) is 25.5 Å². The maximum atomic E-state index is 12.1. The van der Waals surface area contributed by atoms with Crippen LogP contribution in [0.1, 0.15) is 19.3 Å². The average Bonchev–Trinajstić information content (AvgIpc) is 2.92. The maximum absolute atomic E-state index is 12.1. The zero-order chi connectivity index (χ0) is 12.3. The first-order valence-electron chi connectivity index (χ1n) is 6.04. The zero-order valence-corrected chi connectivity index (χ0v) is 11.0. The van der Waals surface area contributed by atoms with Crippen molar-refractivity contribution in [3.05, 3.63) is 0 Å². The van der Waals surface area contributed by atoms with E-state index in [0.717, 1.165) is 19.3 Å². The van der Waals surface area contributed by atoms with Gasteiger partial charge in [-0.15, -0.1) is 11.8 Å². The lowest BCUT2D eigenvalue weighted by Gasteiger charge is -2.37. The third kappa shape index (κ3) is 2.58. The highest BCUT2D eigenvalue weighted by molar-refractivity contribution is 8.00. The Balaban J connectivity index is 1.90. The van der Waals surface area contributed by atoms with Crippen molar-refractivity contribution in [3.8, 4) is 6.07 Å². The minimum absolute atomic E-state index is 0.0545. The van der Waals surface area contributed by atoms with E-state index in [-0.39, 0.29) is 16.6 Å². The Labute approximate surface area is 106 Å². The first-order chi connectivity index (χ1) is 8.21. The summed E-state index contributed by atoms with van der Waals surface area (Å²) in [5.74, 6) is 0.272. The van der Waals surface area contributed by atoms with Crippen molar-refractivity contribution >= 4 is 17.7 Å². The Morgan fingerprint density at radius 3 is 2.71 bits per heavy atom. The van der Waals surface area contributed by atoms with Crippen LogP contribution in [-0.2, 0) is 9.53 Å². The lowest BCUT2D eigenvalue weighted by Crippen LogP contribution is -2.46. The first kappa shape index (κ1) is 12.7. The summed E-state index contributed by atoms with van der Waals surface area (Å²) in [5.41, 5.74) is 0.